The average Bonchev–Trinajstić information content (AvgIpc) is 2.76. The van der Waals surface area contributed by atoms with Crippen LogP contribution in [0.2, 0.25) is 0 Å². The van der Waals surface area contributed by atoms with Gasteiger partial charge in [-0.3, -0.25) is 0 Å². The standard InChI is InChI=1S/C9H9BrO/c1-6-2-3-8(10)7(4-6)9-5-11-9/h2-4,9H,5H2,1H3/t9-/m1/s1. The quantitative estimate of drug-likeness (QED) is 0.653. The highest BCUT2D eigenvalue weighted by Crippen LogP contribution is 2.35. The molecule has 0 amide bonds. The van der Waals surface area contributed by atoms with Crippen LogP contribution >= 0.6 is 15.9 Å². The Labute approximate surface area is 74.5 Å². The summed E-state index contributed by atoms with van der Waals surface area (Å²) in [7, 11) is 0. The van der Waals surface area contributed by atoms with E-state index < -0.39 is 0 Å². The Balaban J connectivity index is 2.42. The van der Waals surface area contributed by atoms with Crippen molar-refractivity contribution >= 4 is 15.9 Å². The Morgan fingerprint density at radius 1 is 1.55 bits per heavy atom. The maximum absolute atomic E-state index is 5.20. The molecule has 11 heavy (non-hydrogen) atoms. The summed E-state index contributed by atoms with van der Waals surface area (Å²) in [5.74, 6) is 0. The second-order valence-electron chi connectivity index (χ2n) is 2.85. The fourth-order valence-corrected chi connectivity index (χ4v) is 1.64. The molecule has 0 radical (unpaired) electrons. The van der Waals surface area contributed by atoms with Gasteiger partial charge in [0.15, 0.2) is 0 Å². The first-order chi connectivity index (χ1) is 5.27. The van der Waals surface area contributed by atoms with Crippen molar-refractivity contribution in [3.63, 3.8) is 0 Å². The van der Waals surface area contributed by atoms with Crippen molar-refractivity contribution in [3.05, 3.63) is 33.8 Å². The van der Waals surface area contributed by atoms with Gasteiger partial charge >= 0.3 is 0 Å². The summed E-state index contributed by atoms with van der Waals surface area (Å²) in [5, 5.41) is 0. The van der Waals surface area contributed by atoms with Crippen molar-refractivity contribution in [1.82, 2.24) is 0 Å². The molecular formula is C9H9BrO. The molecule has 0 unspecified atom stereocenters. The Morgan fingerprint density at radius 3 is 2.91 bits per heavy atom. The summed E-state index contributed by atoms with van der Waals surface area (Å²) in [6.07, 6.45) is 0.351. The molecule has 58 valence electrons. The first kappa shape index (κ1) is 7.32. The molecule has 1 atom stereocenters. The van der Waals surface area contributed by atoms with E-state index in [-0.39, 0.29) is 0 Å². The molecule has 1 aliphatic rings. The molecule has 1 aromatic carbocycles. The van der Waals surface area contributed by atoms with E-state index >= 15 is 0 Å². The van der Waals surface area contributed by atoms with Crippen LogP contribution in [0.3, 0.4) is 0 Å². The van der Waals surface area contributed by atoms with Crippen LogP contribution in [-0.2, 0) is 4.74 Å². The fourth-order valence-electron chi connectivity index (χ4n) is 1.14. The first-order valence-electron chi connectivity index (χ1n) is 3.65. The van der Waals surface area contributed by atoms with Crippen LogP contribution in [0.4, 0.5) is 0 Å². The maximum Gasteiger partial charge on any atom is 0.107 e. The molecule has 1 aromatic rings. The van der Waals surface area contributed by atoms with E-state index in [0.29, 0.717) is 6.10 Å². The predicted octanol–water partition coefficient (Wildman–Crippen LogP) is 2.83. The number of aryl methyl sites for hydroxylation is 1. The SMILES string of the molecule is Cc1ccc(Br)c([C@H]2CO2)c1. The van der Waals surface area contributed by atoms with Crippen LogP contribution in [0, 0.1) is 6.92 Å². The molecule has 0 aromatic heterocycles. The van der Waals surface area contributed by atoms with Crippen molar-refractivity contribution in [2.45, 2.75) is 13.0 Å². The molecule has 0 aliphatic carbocycles. The third kappa shape index (κ3) is 1.47. The van der Waals surface area contributed by atoms with E-state index in [1.807, 2.05) is 0 Å². The summed E-state index contributed by atoms with van der Waals surface area (Å²) in [6, 6.07) is 6.34. The largest absolute Gasteiger partial charge is 0.368 e. The van der Waals surface area contributed by atoms with Crippen molar-refractivity contribution in [2.24, 2.45) is 0 Å². The van der Waals surface area contributed by atoms with Gasteiger partial charge in [0.25, 0.3) is 0 Å². The molecule has 1 fully saturated rings. The lowest BCUT2D eigenvalue weighted by Crippen LogP contribution is -1.83. The van der Waals surface area contributed by atoms with E-state index in [9.17, 15) is 0 Å². The summed E-state index contributed by atoms with van der Waals surface area (Å²) in [5.41, 5.74) is 2.57. The molecule has 0 saturated carbocycles. The fraction of sp³-hybridized carbons (Fsp3) is 0.333. The normalized spacial score (nSPS) is 21.8. The van der Waals surface area contributed by atoms with Crippen LogP contribution in [-0.4, -0.2) is 6.61 Å². The van der Waals surface area contributed by atoms with Gasteiger partial charge in [0, 0.05) is 4.47 Å². The van der Waals surface area contributed by atoms with E-state index in [1.54, 1.807) is 0 Å². The topological polar surface area (TPSA) is 12.5 Å². The third-order valence-corrected chi connectivity index (χ3v) is 2.55. The number of rotatable bonds is 1. The number of ether oxygens (including phenoxy) is 1. The molecule has 1 heterocycles. The van der Waals surface area contributed by atoms with Gasteiger partial charge in [-0.1, -0.05) is 33.6 Å². The van der Waals surface area contributed by atoms with Crippen molar-refractivity contribution in [1.29, 1.82) is 0 Å². The van der Waals surface area contributed by atoms with Crippen molar-refractivity contribution < 1.29 is 4.74 Å². The summed E-state index contributed by atoms with van der Waals surface area (Å²) in [6.45, 7) is 2.97. The van der Waals surface area contributed by atoms with Crippen LogP contribution in [0.15, 0.2) is 22.7 Å². The maximum atomic E-state index is 5.20. The summed E-state index contributed by atoms with van der Waals surface area (Å²) in [4.78, 5) is 0. The smallest absolute Gasteiger partial charge is 0.107 e. The van der Waals surface area contributed by atoms with Gasteiger partial charge in [-0.05, 0) is 18.6 Å². The lowest BCUT2D eigenvalue weighted by molar-refractivity contribution is 0.415. The third-order valence-electron chi connectivity index (χ3n) is 1.83. The van der Waals surface area contributed by atoms with Crippen LogP contribution in [0.1, 0.15) is 17.2 Å². The zero-order chi connectivity index (χ0) is 7.84. The Bertz CT molecular complexity index is 279. The highest BCUT2D eigenvalue weighted by Gasteiger charge is 2.26. The van der Waals surface area contributed by atoms with E-state index in [0.717, 1.165) is 11.1 Å². The van der Waals surface area contributed by atoms with Crippen LogP contribution in [0.25, 0.3) is 0 Å². The molecule has 1 nitrogen and oxygen atoms in total. The minimum absolute atomic E-state index is 0.351. The van der Waals surface area contributed by atoms with Gasteiger partial charge < -0.3 is 4.74 Å². The second kappa shape index (κ2) is 2.61. The van der Waals surface area contributed by atoms with Gasteiger partial charge in [-0.25, -0.2) is 0 Å². The van der Waals surface area contributed by atoms with Crippen molar-refractivity contribution in [2.75, 3.05) is 6.61 Å². The van der Waals surface area contributed by atoms with Crippen molar-refractivity contribution in [3.8, 4) is 0 Å². The number of hydrogen-bond donors (Lipinski definition) is 0. The molecule has 2 heteroatoms. The molecule has 0 N–H and O–H groups in total. The lowest BCUT2D eigenvalue weighted by Gasteiger charge is -2.00. The van der Waals surface area contributed by atoms with Gasteiger partial charge in [-0.2, -0.15) is 0 Å². The summed E-state index contributed by atoms with van der Waals surface area (Å²) >= 11 is 3.49. The van der Waals surface area contributed by atoms with E-state index in [4.69, 9.17) is 4.74 Å². The Hall–Kier alpha value is -0.340. The zero-order valence-electron chi connectivity index (χ0n) is 6.30. The first-order valence-corrected chi connectivity index (χ1v) is 4.44. The molecule has 1 saturated heterocycles. The minimum Gasteiger partial charge on any atom is -0.368 e. The Morgan fingerprint density at radius 2 is 2.27 bits per heavy atom. The monoisotopic (exact) mass is 212 g/mol. The van der Waals surface area contributed by atoms with Gasteiger partial charge in [-0.15, -0.1) is 0 Å². The van der Waals surface area contributed by atoms with Gasteiger partial charge in [0.2, 0.25) is 0 Å². The minimum atomic E-state index is 0.351. The highest BCUT2D eigenvalue weighted by molar-refractivity contribution is 9.10. The zero-order valence-corrected chi connectivity index (χ0v) is 7.89. The molecular weight excluding hydrogens is 204 g/mol. The van der Waals surface area contributed by atoms with Gasteiger partial charge in [0.1, 0.15) is 6.10 Å². The molecule has 1 aliphatic heterocycles. The lowest BCUT2D eigenvalue weighted by atomic mass is 10.1. The molecule has 0 spiro atoms. The summed E-state index contributed by atoms with van der Waals surface area (Å²) < 4.78 is 6.36. The second-order valence-corrected chi connectivity index (χ2v) is 3.70. The number of halogens is 1. The molecule has 0 bridgehead atoms. The van der Waals surface area contributed by atoms with E-state index in [1.165, 1.54) is 11.1 Å². The number of hydrogen-bond acceptors (Lipinski definition) is 1. The number of benzene rings is 1. The molecule has 2 rings (SSSR count). The van der Waals surface area contributed by atoms with Crippen LogP contribution < -0.4 is 0 Å². The van der Waals surface area contributed by atoms with Crippen LogP contribution in [0.5, 0.6) is 0 Å². The van der Waals surface area contributed by atoms with E-state index in [2.05, 4.69) is 41.1 Å². The average molecular weight is 213 g/mol. The number of epoxide rings is 1. The highest BCUT2D eigenvalue weighted by atomic mass is 79.9. The Kier molecular flexibility index (Phi) is 1.74. The predicted molar refractivity (Wildman–Crippen MR) is 47.6 cm³/mol. The van der Waals surface area contributed by atoms with Gasteiger partial charge in [0.05, 0.1) is 6.61 Å².